The first kappa shape index (κ1) is 14.0. The van der Waals surface area contributed by atoms with Crippen molar-refractivity contribution in [3.63, 3.8) is 0 Å². The van der Waals surface area contributed by atoms with Crippen LogP contribution in [0.2, 0.25) is 0 Å². The van der Waals surface area contributed by atoms with E-state index in [0.717, 1.165) is 44.0 Å². The van der Waals surface area contributed by atoms with E-state index in [4.69, 9.17) is 10.5 Å². The Balaban J connectivity index is 1.68. The molecule has 21 heavy (non-hydrogen) atoms. The van der Waals surface area contributed by atoms with Gasteiger partial charge in [0.05, 0.1) is 19.3 Å². The van der Waals surface area contributed by atoms with Gasteiger partial charge in [-0.3, -0.25) is 4.90 Å². The van der Waals surface area contributed by atoms with E-state index in [0.29, 0.717) is 5.82 Å². The molecule has 3 rings (SSSR count). The van der Waals surface area contributed by atoms with E-state index in [1.165, 1.54) is 0 Å². The standard InChI is InChI=1S/C15H21N5O/c1-2-19-6-7-21-14(9-19)10-20-11-17-15(18-20)12-4-3-5-13(16)8-12/h3-5,8,11,14H,2,6-7,9-10,16H2,1H3. The maximum atomic E-state index is 5.80. The molecule has 1 aliphatic rings. The van der Waals surface area contributed by atoms with Crippen molar-refractivity contribution in [1.82, 2.24) is 19.7 Å². The Hall–Kier alpha value is -1.92. The fraction of sp³-hybridized carbons (Fsp3) is 0.467. The number of likely N-dealkylation sites (N-methyl/N-ethyl adjacent to an activating group) is 1. The predicted molar refractivity (Wildman–Crippen MR) is 81.7 cm³/mol. The maximum absolute atomic E-state index is 5.80. The summed E-state index contributed by atoms with van der Waals surface area (Å²) in [5, 5.41) is 4.52. The number of hydrogen-bond donors (Lipinski definition) is 1. The molecule has 0 saturated carbocycles. The fourth-order valence-electron chi connectivity index (χ4n) is 2.58. The van der Waals surface area contributed by atoms with Gasteiger partial charge in [0.25, 0.3) is 0 Å². The molecule has 0 spiro atoms. The van der Waals surface area contributed by atoms with Crippen LogP contribution in [0.1, 0.15) is 6.92 Å². The second-order valence-electron chi connectivity index (χ2n) is 5.30. The van der Waals surface area contributed by atoms with E-state index in [9.17, 15) is 0 Å². The fourth-order valence-corrected chi connectivity index (χ4v) is 2.58. The number of anilines is 1. The number of morpholine rings is 1. The van der Waals surface area contributed by atoms with Crippen LogP contribution >= 0.6 is 0 Å². The van der Waals surface area contributed by atoms with Crippen LogP contribution in [0.25, 0.3) is 11.4 Å². The highest BCUT2D eigenvalue weighted by Crippen LogP contribution is 2.17. The molecular formula is C15H21N5O. The molecule has 0 amide bonds. The van der Waals surface area contributed by atoms with E-state index >= 15 is 0 Å². The molecule has 1 atom stereocenters. The lowest BCUT2D eigenvalue weighted by atomic mass is 10.2. The van der Waals surface area contributed by atoms with Crippen LogP contribution < -0.4 is 5.73 Å². The van der Waals surface area contributed by atoms with Crippen molar-refractivity contribution in [2.24, 2.45) is 0 Å². The highest BCUT2D eigenvalue weighted by Gasteiger charge is 2.20. The van der Waals surface area contributed by atoms with Crippen molar-refractivity contribution in [2.45, 2.75) is 19.6 Å². The van der Waals surface area contributed by atoms with Crippen molar-refractivity contribution in [2.75, 3.05) is 32.0 Å². The first-order valence-electron chi connectivity index (χ1n) is 7.34. The molecule has 112 valence electrons. The number of benzene rings is 1. The third-order valence-electron chi connectivity index (χ3n) is 3.74. The van der Waals surface area contributed by atoms with Gasteiger partial charge in [-0.1, -0.05) is 19.1 Å². The molecule has 1 aromatic heterocycles. The number of rotatable bonds is 4. The van der Waals surface area contributed by atoms with E-state index in [-0.39, 0.29) is 6.10 Å². The normalized spacial score (nSPS) is 19.8. The molecule has 6 heteroatoms. The predicted octanol–water partition coefficient (Wildman–Crippen LogP) is 1.25. The van der Waals surface area contributed by atoms with Gasteiger partial charge in [-0.25, -0.2) is 9.67 Å². The van der Waals surface area contributed by atoms with Crippen LogP contribution in [0, 0.1) is 0 Å². The molecule has 1 aromatic carbocycles. The number of ether oxygens (including phenoxy) is 1. The second-order valence-corrected chi connectivity index (χ2v) is 5.30. The summed E-state index contributed by atoms with van der Waals surface area (Å²) < 4.78 is 7.65. The third-order valence-corrected chi connectivity index (χ3v) is 3.74. The molecule has 1 fully saturated rings. The summed E-state index contributed by atoms with van der Waals surface area (Å²) in [5.41, 5.74) is 7.45. The van der Waals surface area contributed by atoms with E-state index in [1.54, 1.807) is 6.33 Å². The Kier molecular flexibility index (Phi) is 4.17. The number of hydrogen-bond acceptors (Lipinski definition) is 5. The molecule has 1 aliphatic heterocycles. The number of nitrogens with zero attached hydrogens (tertiary/aromatic N) is 4. The monoisotopic (exact) mass is 287 g/mol. The van der Waals surface area contributed by atoms with Crippen molar-refractivity contribution in [3.05, 3.63) is 30.6 Å². The van der Waals surface area contributed by atoms with E-state index < -0.39 is 0 Å². The molecule has 6 nitrogen and oxygen atoms in total. The van der Waals surface area contributed by atoms with Crippen LogP contribution in [0.4, 0.5) is 5.69 Å². The van der Waals surface area contributed by atoms with Crippen molar-refractivity contribution in [3.8, 4) is 11.4 Å². The zero-order valence-electron chi connectivity index (χ0n) is 12.3. The number of nitrogens with two attached hydrogens (primary N) is 1. The molecule has 1 unspecified atom stereocenters. The maximum Gasteiger partial charge on any atom is 0.181 e. The van der Waals surface area contributed by atoms with Crippen LogP contribution in [-0.2, 0) is 11.3 Å². The minimum atomic E-state index is 0.175. The average molecular weight is 287 g/mol. The SMILES string of the molecule is CCN1CCOC(Cn2cnc(-c3cccc(N)c3)n2)C1. The lowest BCUT2D eigenvalue weighted by Crippen LogP contribution is -2.44. The molecule has 0 aliphatic carbocycles. The van der Waals surface area contributed by atoms with Gasteiger partial charge in [0.2, 0.25) is 0 Å². The quantitative estimate of drug-likeness (QED) is 0.857. The smallest absolute Gasteiger partial charge is 0.181 e. The Bertz CT molecular complexity index is 597. The summed E-state index contributed by atoms with van der Waals surface area (Å²) in [6, 6.07) is 7.62. The summed E-state index contributed by atoms with van der Waals surface area (Å²) in [6.07, 6.45) is 1.93. The van der Waals surface area contributed by atoms with Crippen LogP contribution in [0.15, 0.2) is 30.6 Å². The average Bonchev–Trinajstić information content (AvgIpc) is 2.96. The molecule has 0 radical (unpaired) electrons. The second kappa shape index (κ2) is 6.24. The highest BCUT2D eigenvalue weighted by molar-refractivity contribution is 5.60. The van der Waals surface area contributed by atoms with Gasteiger partial charge in [-0.15, -0.1) is 0 Å². The van der Waals surface area contributed by atoms with Crippen molar-refractivity contribution in [1.29, 1.82) is 0 Å². The molecule has 2 aromatic rings. The lowest BCUT2D eigenvalue weighted by molar-refractivity contribution is -0.0358. The zero-order chi connectivity index (χ0) is 14.7. The van der Waals surface area contributed by atoms with Gasteiger partial charge in [0, 0.05) is 24.3 Å². The van der Waals surface area contributed by atoms with Gasteiger partial charge >= 0.3 is 0 Å². The summed E-state index contributed by atoms with van der Waals surface area (Å²) >= 11 is 0. The Morgan fingerprint density at radius 2 is 2.33 bits per heavy atom. The summed E-state index contributed by atoms with van der Waals surface area (Å²) in [7, 11) is 0. The Morgan fingerprint density at radius 3 is 3.14 bits per heavy atom. The summed E-state index contributed by atoms with van der Waals surface area (Å²) in [5.74, 6) is 0.699. The molecule has 1 saturated heterocycles. The first-order valence-corrected chi connectivity index (χ1v) is 7.34. The van der Waals surface area contributed by atoms with Gasteiger partial charge in [-0.2, -0.15) is 5.10 Å². The first-order chi connectivity index (χ1) is 10.2. The van der Waals surface area contributed by atoms with Gasteiger partial charge in [0.1, 0.15) is 6.33 Å². The largest absolute Gasteiger partial charge is 0.399 e. The van der Waals surface area contributed by atoms with Crippen molar-refractivity contribution >= 4 is 5.69 Å². The topological polar surface area (TPSA) is 69.2 Å². The van der Waals surface area contributed by atoms with Gasteiger partial charge in [-0.05, 0) is 18.7 Å². The highest BCUT2D eigenvalue weighted by atomic mass is 16.5. The van der Waals surface area contributed by atoms with Crippen LogP contribution in [-0.4, -0.2) is 52.0 Å². The molecule has 2 N–H and O–H groups in total. The zero-order valence-corrected chi connectivity index (χ0v) is 12.3. The van der Waals surface area contributed by atoms with E-state index in [1.807, 2.05) is 28.9 Å². The number of nitrogen functional groups attached to an aromatic ring is 1. The van der Waals surface area contributed by atoms with Crippen LogP contribution in [0.3, 0.4) is 0 Å². The van der Waals surface area contributed by atoms with Gasteiger partial charge < -0.3 is 10.5 Å². The van der Waals surface area contributed by atoms with Crippen molar-refractivity contribution < 1.29 is 4.74 Å². The minimum Gasteiger partial charge on any atom is -0.399 e. The van der Waals surface area contributed by atoms with Gasteiger partial charge in [0.15, 0.2) is 5.82 Å². The Morgan fingerprint density at radius 1 is 1.43 bits per heavy atom. The molecular weight excluding hydrogens is 266 g/mol. The Labute approximate surface area is 124 Å². The summed E-state index contributed by atoms with van der Waals surface area (Å²) in [6.45, 7) is 6.71. The molecule has 0 bridgehead atoms. The van der Waals surface area contributed by atoms with Crippen LogP contribution in [0.5, 0.6) is 0 Å². The third kappa shape index (κ3) is 3.40. The van der Waals surface area contributed by atoms with E-state index in [2.05, 4.69) is 21.9 Å². The molecule has 2 heterocycles. The number of aromatic nitrogens is 3. The summed E-state index contributed by atoms with van der Waals surface area (Å²) in [4.78, 5) is 6.75. The minimum absolute atomic E-state index is 0.175. The lowest BCUT2D eigenvalue weighted by Gasteiger charge is -2.31.